The molecule has 19 heavy (non-hydrogen) atoms. The third kappa shape index (κ3) is 3.91. The number of carbonyl (C=O) groups excluding carboxylic acids is 1. The fourth-order valence-electron chi connectivity index (χ4n) is 2.25. The van der Waals surface area contributed by atoms with Crippen molar-refractivity contribution in [2.45, 2.75) is 26.7 Å². The molecule has 1 amide bonds. The van der Waals surface area contributed by atoms with Crippen molar-refractivity contribution in [3.63, 3.8) is 0 Å². The van der Waals surface area contributed by atoms with Crippen molar-refractivity contribution in [2.75, 3.05) is 24.5 Å². The Labute approximate surface area is 114 Å². The minimum atomic E-state index is 0.138. The van der Waals surface area contributed by atoms with Gasteiger partial charge in [-0.05, 0) is 24.8 Å². The molecule has 1 N–H and O–H groups in total. The minimum Gasteiger partial charge on any atom is -0.356 e. The Morgan fingerprint density at radius 3 is 2.58 bits per heavy atom. The summed E-state index contributed by atoms with van der Waals surface area (Å²) < 4.78 is 0. The highest BCUT2D eigenvalue weighted by molar-refractivity contribution is 5.78. The van der Waals surface area contributed by atoms with Crippen molar-refractivity contribution in [1.29, 1.82) is 0 Å². The van der Waals surface area contributed by atoms with E-state index in [0.717, 1.165) is 38.4 Å². The van der Waals surface area contributed by atoms with Gasteiger partial charge in [0.1, 0.15) is 0 Å². The SMILES string of the molecule is CC(C)CNC(=O)C1CCN(c2ncccn2)CC1. The Bertz CT molecular complexity index is 399. The number of nitrogens with zero attached hydrogens (tertiary/aromatic N) is 3. The van der Waals surface area contributed by atoms with E-state index in [1.54, 1.807) is 12.4 Å². The van der Waals surface area contributed by atoms with Crippen LogP contribution in [0.5, 0.6) is 0 Å². The molecule has 0 atom stereocenters. The third-order valence-electron chi connectivity index (χ3n) is 3.39. The summed E-state index contributed by atoms with van der Waals surface area (Å²) in [5.74, 6) is 1.60. The van der Waals surface area contributed by atoms with Crippen LogP contribution in [0.1, 0.15) is 26.7 Å². The lowest BCUT2D eigenvalue weighted by molar-refractivity contribution is -0.125. The molecule has 0 spiro atoms. The standard InChI is InChI=1S/C14H22N4O/c1-11(2)10-17-13(19)12-4-8-18(9-5-12)14-15-6-3-7-16-14/h3,6-7,11-12H,4-5,8-10H2,1-2H3,(H,17,19). The molecule has 1 fully saturated rings. The fraction of sp³-hybridized carbons (Fsp3) is 0.643. The molecule has 0 aromatic carbocycles. The second kappa shape index (κ2) is 6.50. The number of hydrogen-bond acceptors (Lipinski definition) is 4. The summed E-state index contributed by atoms with van der Waals surface area (Å²) in [5, 5.41) is 3.02. The van der Waals surface area contributed by atoms with Gasteiger partial charge in [-0.3, -0.25) is 4.79 Å². The van der Waals surface area contributed by atoms with Gasteiger partial charge in [0.25, 0.3) is 0 Å². The summed E-state index contributed by atoms with van der Waals surface area (Å²) in [5.41, 5.74) is 0. The van der Waals surface area contributed by atoms with Gasteiger partial charge in [0.2, 0.25) is 11.9 Å². The highest BCUT2D eigenvalue weighted by Gasteiger charge is 2.25. The van der Waals surface area contributed by atoms with Crippen molar-refractivity contribution < 1.29 is 4.79 Å². The molecule has 0 saturated carbocycles. The average molecular weight is 262 g/mol. The largest absolute Gasteiger partial charge is 0.356 e. The summed E-state index contributed by atoms with van der Waals surface area (Å²) >= 11 is 0. The first kappa shape index (κ1) is 13.8. The summed E-state index contributed by atoms with van der Waals surface area (Å²) in [6.07, 6.45) is 5.26. The van der Waals surface area contributed by atoms with Crippen molar-refractivity contribution in [3.8, 4) is 0 Å². The minimum absolute atomic E-state index is 0.138. The number of anilines is 1. The normalized spacial score (nSPS) is 16.7. The molecular weight excluding hydrogens is 240 g/mol. The van der Waals surface area contributed by atoms with Crippen molar-refractivity contribution in [3.05, 3.63) is 18.5 Å². The summed E-state index contributed by atoms with van der Waals surface area (Å²) in [6.45, 7) is 6.68. The monoisotopic (exact) mass is 262 g/mol. The Balaban J connectivity index is 1.81. The smallest absolute Gasteiger partial charge is 0.225 e. The molecule has 1 aliphatic heterocycles. The second-order valence-corrected chi connectivity index (χ2v) is 5.45. The van der Waals surface area contributed by atoms with Gasteiger partial charge in [-0.2, -0.15) is 0 Å². The molecular formula is C14H22N4O. The molecule has 1 saturated heterocycles. The molecule has 2 rings (SSSR count). The predicted molar refractivity (Wildman–Crippen MR) is 74.8 cm³/mol. The van der Waals surface area contributed by atoms with Gasteiger partial charge in [-0.1, -0.05) is 13.8 Å². The molecule has 5 heteroatoms. The molecule has 1 aromatic heterocycles. The molecule has 5 nitrogen and oxygen atoms in total. The van der Waals surface area contributed by atoms with Gasteiger partial charge >= 0.3 is 0 Å². The van der Waals surface area contributed by atoms with Crippen LogP contribution in [0, 0.1) is 11.8 Å². The van der Waals surface area contributed by atoms with Gasteiger partial charge in [-0.15, -0.1) is 0 Å². The number of aromatic nitrogens is 2. The number of carbonyl (C=O) groups is 1. The van der Waals surface area contributed by atoms with Crippen LogP contribution in [0.2, 0.25) is 0 Å². The van der Waals surface area contributed by atoms with E-state index in [-0.39, 0.29) is 11.8 Å². The first-order valence-electron chi connectivity index (χ1n) is 6.96. The van der Waals surface area contributed by atoms with E-state index in [4.69, 9.17) is 0 Å². The number of rotatable bonds is 4. The zero-order chi connectivity index (χ0) is 13.7. The van der Waals surface area contributed by atoms with Crippen molar-refractivity contribution >= 4 is 11.9 Å². The molecule has 1 aliphatic rings. The maximum Gasteiger partial charge on any atom is 0.225 e. The highest BCUT2D eigenvalue weighted by atomic mass is 16.1. The van der Waals surface area contributed by atoms with Gasteiger partial charge < -0.3 is 10.2 Å². The van der Waals surface area contributed by atoms with E-state index in [2.05, 4.69) is 34.0 Å². The van der Waals surface area contributed by atoms with E-state index in [1.165, 1.54) is 0 Å². The third-order valence-corrected chi connectivity index (χ3v) is 3.39. The van der Waals surface area contributed by atoms with E-state index >= 15 is 0 Å². The van der Waals surface area contributed by atoms with Crippen LogP contribution in [-0.4, -0.2) is 35.5 Å². The fourth-order valence-corrected chi connectivity index (χ4v) is 2.25. The number of nitrogens with one attached hydrogen (secondary N) is 1. The Morgan fingerprint density at radius 2 is 2.00 bits per heavy atom. The van der Waals surface area contributed by atoms with Crippen LogP contribution < -0.4 is 10.2 Å². The summed E-state index contributed by atoms with van der Waals surface area (Å²) in [6, 6.07) is 1.82. The van der Waals surface area contributed by atoms with Crippen LogP contribution in [0.3, 0.4) is 0 Å². The molecule has 104 valence electrons. The lowest BCUT2D eigenvalue weighted by atomic mass is 9.96. The maximum absolute atomic E-state index is 12.0. The predicted octanol–water partition coefficient (Wildman–Crippen LogP) is 1.47. The average Bonchev–Trinajstić information content (AvgIpc) is 2.46. The Kier molecular flexibility index (Phi) is 4.71. The van der Waals surface area contributed by atoms with Crippen LogP contribution in [0.15, 0.2) is 18.5 Å². The quantitative estimate of drug-likeness (QED) is 0.892. The van der Waals surface area contributed by atoms with Crippen LogP contribution in [0.25, 0.3) is 0 Å². The molecule has 0 unspecified atom stereocenters. The Hall–Kier alpha value is -1.65. The molecule has 0 bridgehead atoms. The molecule has 0 radical (unpaired) electrons. The first-order valence-corrected chi connectivity index (χ1v) is 6.96. The Morgan fingerprint density at radius 1 is 1.37 bits per heavy atom. The molecule has 0 aliphatic carbocycles. The molecule has 2 heterocycles. The van der Waals surface area contributed by atoms with E-state index < -0.39 is 0 Å². The lowest BCUT2D eigenvalue weighted by Gasteiger charge is -2.31. The van der Waals surface area contributed by atoms with Crippen LogP contribution in [0.4, 0.5) is 5.95 Å². The van der Waals surface area contributed by atoms with Crippen LogP contribution >= 0.6 is 0 Å². The van der Waals surface area contributed by atoms with Gasteiger partial charge in [-0.25, -0.2) is 9.97 Å². The van der Waals surface area contributed by atoms with Gasteiger partial charge in [0, 0.05) is 37.9 Å². The zero-order valence-corrected chi connectivity index (χ0v) is 11.7. The van der Waals surface area contributed by atoms with E-state index in [1.807, 2.05) is 6.07 Å². The number of amides is 1. The van der Waals surface area contributed by atoms with Crippen LogP contribution in [-0.2, 0) is 4.79 Å². The topological polar surface area (TPSA) is 58.1 Å². The summed E-state index contributed by atoms with van der Waals surface area (Å²) in [4.78, 5) is 22.6. The second-order valence-electron chi connectivity index (χ2n) is 5.45. The van der Waals surface area contributed by atoms with Gasteiger partial charge in [0.15, 0.2) is 0 Å². The first-order chi connectivity index (χ1) is 9.16. The highest BCUT2D eigenvalue weighted by Crippen LogP contribution is 2.20. The van der Waals surface area contributed by atoms with E-state index in [9.17, 15) is 4.79 Å². The van der Waals surface area contributed by atoms with Crippen molar-refractivity contribution in [2.24, 2.45) is 11.8 Å². The summed E-state index contributed by atoms with van der Waals surface area (Å²) in [7, 11) is 0. The zero-order valence-electron chi connectivity index (χ0n) is 11.7. The van der Waals surface area contributed by atoms with Gasteiger partial charge in [0.05, 0.1) is 0 Å². The number of piperidine rings is 1. The van der Waals surface area contributed by atoms with E-state index in [0.29, 0.717) is 5.92 Å². The molecule has 1 aromatic rings. The van der Waals surface area contributed by atoms with Crippen molar-refractivity contribution in [1.82, 2.24) is 15.3 Å². The number of hydrogen-bond donors (Lipinski definition) is 1. The lowest BCUT2D eigenvalue weighted by Crippen LogP contribution is -2.41. The maximum atomic E-state index is 12.0.